The molecule has 0 spiro atoms. The highest BCUT2D eigenvalue weighted by atomic mass is 32.2. The van der Waals surface area contributed by atoms with E-state index in [0.717, 1.165) is 34.9 Å². The number of rotatable bonds is 6. The Morgan fingerprint density at radius 1 is 1.03 bits per heavy atom. The number of morpholine rings is 1. The Bertz CT molecular complexity index is 1060. The quantitative estimate of drug-likeness (QED) is 0.458. The zero-order valence-electron chi connectivity index (χ0n) is 17.4. The zero-order chi connectivity index (χ0) is 22.6. The maximum absolute atomic E-state index is 12.4. The predicted molar refractivity (Wildman–Crippen MR) is 121 cm³/mol. The lowest BCUT2D eigenvalue weighted by Gasteiger charge is -2.29. The predicted octanol–water partition coefficient (Wildman–Crippen LogP) is 5.95. The monoisotopic (exact) mass is 461 g/mol. The van der Waals surface area contributed by atoms with Gasteiger partial charge in [-0.2, -0.15) is 0 Å². The molecule has 2 heterocycles. The fourth-order valence-corrected chi connectivity index (χ4v) is 3.86. The molecule has 0 radical (unpaired) electrons. The lowest BCUT2D eigenvalue weighted by Crippen LogP contribution is -2.36. The van der Waals surface area contributed by atoms with Crippen molar-refractivity contribution in [3.8, 4) is 17.0 Å². The van der Waals surface area contributed by atoms with Gasteiger partial charge in [0, 0.05) is 41.0 Å². The molecule has 0 aliphatic carbocycles. The molecule has 3 aromatic rings. The minimum Gasteiger partial charge on any atom is -0.406 e. The van der Waals surface area contributed by atoms with Gasteiger partial charge in [0.05, 0.1) is 18.9 Å². The Morgan fingerprint density at radius 2 is 1.78 bits per heavy atom. The Labute approximate surface area is 188 Å². The minimum absolute atomic E-state index is 0.271. The highest BCUT2D eigenvalue weighted by molar-refractivity contribution is 7.98. The van der Waals surface area contributed by atoms with Crippen LogP contribution < -0.4 is 15.0 Å². The number of hydrogen-bond acceptors (Lipinski definition) is 6. The number of ether oxygens (including phenoxy) is 2. The number of pyridine rings is 1. The Kier molecular flexibility index (Phi) is 6.76. The fourth-order valence-electron chi connectivity index (χ4n) is 3.40. The van der Waals surface area contributed by atoms with Crippen molar-refractivity contribution in [2.45, 2.75) is 11.3 Å². The van der Waals surface area contributed by atoms with Crippen LogP contribution in [0.5, 0.6) is 5.75 Å². The number of benzene rings is 2. The number of hydrogen-bond donors (Lipinski definition) is 1. The molecule has 168 valence electrons. The van der Waals surface area contributed by atoms with Gasteiger partial charge in [0.25, 0.3) is 0 Å². The maximum Gasteiger partial charge on any atom is 0.573 e. The number of halogens is 3. The van der Waals surface area contributed by atoms with E-state index in [1.165, 1.54) is 24.3 Å². The van der Waals surface area contributed by atoms with Crippen molar-refractivity contribution in [1.29, 1.82) is 0 Å². The summed E-state index contributed by atoms with van der Waals surface area (Å²) in [5.74, 6) is 0.329. The SMILES string of the molecule is CSc1cccc(-c2cc(N3CCOCC3)cc(Nc3ccc(OC(F)(F)F)cc3)n2)c1. The molecule has 1 fully saturated rings. The third kappa shape index (κ3) is 5.86. The summed E-state index contributed by atoms with van der Waals surface area (Å²) in [4.78, 5) is 8.13. The van der Waals surface area contributed by atoms with Crippen molar-refractivity contribution in [1.82, 2.24) is 4.98 Å². The second kappa shape index (κ2) is 9.70. The number of nitrogens with zero attached hydrogens (tertiary/aromatic N) is 2. The molecule has 0 atom stereocenters. The first kappa shape index (κ1) is 22.3. The van der Waals surface area contributed by atoms with Crippen LogP contribution in [0.4, 0.5) is 30.4 Å². The third-order valence-corrected chi connectivity index (χ3v) is 5.64. The van der Waals surface area contributed by atoms with Crippen molar-refractivity contribution in [3.05, 3.63) is 60.7 Å². The maximum atomic E-state index is 12.4. The van der Waals surface area contributed by atoms with Gasteiger partial charge in [-0.05, 0) is 48.7 Å². The molecule has 9 heteroatoms. The first-order valence-electron chi connectivity index (χ1n) is 10.0. The van der Waals surface area contributed by atoms with E-state index in [9.17, 15) is 13.2 Å². The summed E-state index contributed by atoms with van der Waals surface area (Å²) in [5, 5.41) is 3.20. The Morgan fingerprint density at radius 3 is 2.47 bits per heavy atom. The van der Waals surface area contributed by atoms with Crippen molar-refractivity contribution < 1.29 is 22.6 Å². The van der Waals surface area contributed by atoms with Gasteiger partial charge in [-0.15, -0.1) is 24.9 Å². The average Bonchev–Trinajstić information content (AvgIpc) is 2.80. The van der Waals surface area contributed by atoms with Crippen LogP contribution in [0, 0.1) is 0 Å². The van der Waals surface area contributed by atoms with Crippen LogP contribution in [-0.2, 0) is 4.74 Å². The van der Waals surface area contributed by atoms with Crippen LogP contribution in [0.1, 0.15) is 0 Å². The van der Waals surface area contributed by atoms with Gasteiger partial charge >= 0.3 is 6.36 Å². The van der Waals surface area contributed by atoms with Gasteiger partial charge in [0.15, 0.2) is 0 Å². The van der Waals surface area contributed by atoms with E-state index in [1.807, 2.05) is 30.5 Å². The van der Waals surface area contributed by atoms with Crippen molar-refractivity contribution in [2.75, 3.05) is 42.8 Å². The summed E-state index contributed by atoms with van der Waals surface area (Å²) in [6.45, 7) is 2.86. The summed E-state index contributed by atoms with van der Waals surface area (Å²) in [7, 11) is 0. The number of nitrogens with one attached hydrogen (secondary N) is 1. The van der Waals surface area contributed by atoms with E-state index in [2.05, 4.69) is 27.1 Å². The average molecular weight is 462 g/mol. The van der Waals surface area contributed by atoms with E-state index in [-0.39, 0.29) is 5.75 Å². The van der Waals surface area contributed by atoms with Gasteiger partial charge in [-0.3, -0.25) is 0 Å². The summed E-state index contributed by atoms with van der Waals surface area (Å²) in [6.07, 6.45) is -2.70. The van der Waals surface area contributed by atoms with E-state index in [4.69, 9.17) is 9.72 Å². The molecule has 0 bridgehead atoms. The lowest BCUT2D eigenvalue weighted by atomic mass is 10.1. The molecule has 1 saturated heterocycles. The van der Waals surface area contributed by atoms with Crippen LogP contribution in [-0.4, -0.2) is 43.9 Å². The second-order valence-corrected chi connectivity index (χ2v) is 8.00. The van der Waals surface area contributed by atoms with E-state index < -0.39 is 6.36 Å². The number of aromatic nitrogens is 1. The summed E-state index contributed by atoms with van der Waals surface area (Å²) < 4.78 is 46.6. The van der Waals surface area contributed by atoms with Gasteiger partial charge in [0.2, 0.25) is 0 Å². The van der Waals surface area contributed by atoms with Gasteiger partial charge < -0.3 is 19.7 Å². The first-order chi connectivity index (χ1) is 15.4. The van der Waals surface area contributed by atoms with E-state index in [1.54, 1.807) is 11.8 Å². The molecule has 1 N–H and O–H groups in total. The molecule has 4 rings (SSSR count). The van der Waals surface area contributed by atoms with Crippen molar-refractivity contribution in [2.24, 2.45) is 0 Å². The molecule has 32 heavy (non-hydrogen) atoms. The fraction of sp³-hybridized carbons (Fsp3) is 0.261. The minimum atomic E-state index is -4.72. The van der Waals surface area contributed by atoms with Crippen molar-refractivity contribution in [3.63, 3.8) is 0 Å². The lowest BCUT2D eigenvalue weighted by molar-refractivity contribution is -0.274. The molecular formula is C23H22F3N3O2S. The highest BCUT2D eigenvalue weighted by Crippen LogP contribution is 2.31. The molecule has 1 aliphatic heterocycles. The third-order valence-electron chi connectivity index (χ3n) is 4.91. The highest BCUT2D eigenvalue weighted by Gasteiger charge is 2.31. The zero-order valence-corrected chi connectivity index (χ0v) is 18.2. The standard InChI is InChI=1S/C23H22F3N3O2S/c1-32-20-4-2-3-16(13-20)21-14-18(29-9-11-30-12-10-29)15-22(28-21)27-17-5-7-19(8-6-17)31-23(24,25)26/h2-8,13-15H,9-12H2,1H3,(H,27,28). The molecule has 5 nitrogen and oxygen atoms in total. The number of thioether (sulfide) groups is 1. The normalized spacial score (nSPS) is 14.3. The molecular weight excluding hydrogens is 439 g/mol. The van der Waals surface area contributed by atoms with Crippen LogP contribution in [0.15, 0.2) is 65.6 Å². The second-order valence-electron chi connectivity index (χ2n) is 7.12. The molecule has 0 unspecified atom stereocenters. The summed E-state index contributed by atoms with van der Waals surface area (Å²) in [6, 6.07) is 17.7. The number of anilines is 3. The van der Waals surface area contributed by atoms with Gasteiger partial charge in [-0.1, -0.05) is 12.1 Å². The van der Waals surface area contributed by atoms with E-state index in [0.29, 0.717) is 24.7 Å². The van der Waals surface area contributed by atoms with Crippen LogP contribution in [0.3, 0.4) is 0 Å². The molecule has 2 aromatic carbocycles. The Balaban J connectivity index is 1.64. The van der Waals surface area contributed by atoms with Crippen molar-refractivity contribution >= 4 is 29.0 Å². The molecule has 1 aromatic heterocycles. The van der Waals surface area contributed by atoms with Crippen LogP contribution in [0.2, 0.25) is 0 Å². The summed E-state index contributed by atoms with van der Waals surface area (Å²) >= 11 is 1.66. The Hall–Kier alpha value is -2.91. The smallest absolute Gasteiger partial charge is 0.406 e. The topological polar surface area (TPSA) is 46.6 Å². The van der Waals surface area contributed by atoms with Crippen LogP contribution >= 0.6 is 11.8 Å². The largest absolute Gasteiger partial charge is 0.573 e. The van der Waals surface area contributed by atoms with Gasteiger partial charge in [-0.25, -0.2) is 4.98 Å². The summed E-state index contributed by atoms with van der Waals surface area (Å²) in [5.41, 5.74) is 3.41. The molecule has 0 saturated carbocycles. The van der Waals surface area contributed by atoms with E-state index >= 15 is 0 Å². The number of alkyl halides is 3. The molecule has 0 amide bonds. The molecule has 1 aliphatic rings. The van der Waals surface area contributed by atoms with Gasteiger partial charge in [0.1, 0.15) is 11.6 Å². The first-order valence-corrected chi connectivity index (χ1v) is 11.2. The van der Waals surface area contributed by atoms with Crippen LogP contribution in [0.25, 0.3) is 11.3 Å².